The van der Waals surface area contributed by atoms with E-state index in [2.05, 4.69) is 15.6 Å². The van der Waals surface area contributed by atoms with E-state index in [1.807, 2.05) is 55.9 Å². The number of imidazole rings is 1. The number of carbonyl (C=O) groups excluding carboxylic acids is 2. The van der Waals surface area contributed by atoms with Crippen LogP contribution >= 0.6 is 0 Å². The standard InChI is InChI=1S/C20H28N4O3/c1-13(2)17(23-19(26)27-20(3,4)5)18(25)22-15-9-7-14(8-10-15)16-11-24(6)12-21-16/h7-13,17H,1-6H3,(H,22,25)(H,23,26)/t17-/m0/s1. The van der Waals surface area contributed by atoms with Gasteiger partial charge in [-0.15, -0.1) is 0 Å². The van der Waals surface area contributed by atoms with E-state index >= 15 is 0 Å². The lowest BCUT2D eigenvalue weighted by Gasteiger charge is -2.25. The summed E-state index contributed by atoms with van der Waals surface area (Å²) in [6.07, 6.45) is 3.05. The van der Waals surface area contributed by atoms with Crippen molar-refractivity contribution in [1.82, 2.24) is 14.9 Å². The Morgan fingerprint density at radius 1 is 1.15 bits per heavy atom. The van der Waals surface area contributed by atoms with Crippen LogP contribution in [-0.4, -0.2) is 33.2 Å². The summed E-state index contributed by atoms with van der Waals surface area (Å²) in [5, 5.41) is 5.49. The van der Waals surface area contributed by atoms with Crippen molar-refractivity contribution in [2.75, 3.05) is 5.32 Å². The molecule has 0 aliphatic carbocycles. The number of aryl methyl sites for hydroxylation is 1. The van der Waals surface area contributed by atoms with E-state index in [0.29, 0.717) is 5.69 Å². The first-order valence-corrected chi connectivity index (χ1v) is 8.94. The van der Waals surface area contributed by atoms with Crippen molar-refractivity contribution < 1.29 is 14.3 Å². The second-order valence-corrected chi connectivity index (χ2v) is 7.86. The van der Waals surface area contributed by atoms with E-state index in [4.69, 9.17) is 4.74 Å². The summed E-state index contributed by atoms with van der Waals surface area (Å²) in [5.41, 5.74) is 1.85. The molecular formula is C20H28N4O3. The van der Waals surface area contributed by atoms with Gasteiger partial charge in [0.15, 0.2) is 0 Å². The molecule has 0 saturated heterocycles. The highest BCUT2D eigenvalue weighted by Gasteiger charge is 2.27. The van der Waals surface area contributed by atoms with E-state index in [-0.39, 0.29) is 11.8 Å². The predicted molar refractivity (Wildman–Crippen MR) is 105 cm³/mol. The van der Waals surface area contributed by atoms with Crippen molar-refractivity contribution in [2.24, 2.45) is 13.0 Å². The fourth-order valence-corrected chi connectivity index (χ4v) is 2.48. The Hall–Kier alpha value is -2.83. The number of rotatable bonds is 5. The van der Waals surface area contributed by atoms with E-state index in [1.165, 1.54) is 0 Å². The summed E-state index contributed by atoms with van der Waals surface area (Å²) in [5.74, 6) is -0.383. The SMILES string of the molecule is CC(C)[C@H](NC(=O)OC(C)(C)C)C(=O)Nc1ccc(-c2cn(C)cn2)cc1. The van der Waals surface area contributed by atoms with Crippen LogP contribution < -0.4 is 10.6 Å². The van der Waals surface area contributed by atoms with E-state index in [1.54, 1.807) is 27.1 Å². The van der Waals surface area contributed by atoms with Crippen LogP contribution in [0.1, 0.15) is 34.6 Å². The Bertz CT molecular complexity index is 788. The fourth-order valence-electron chi connectivity index (χ4n) is 2.48. The van der Waals surface area contributed by atoms with Gasteiger partial charge in [-0.05, 0) is 38.8 Å². The van der Waals surface area contributed by atoms with Crippen LogP contribution in [0.3, 0.4) is 0 Å². The third kappa shape index (κ3) is 6.13. The van der Waals surface area contributed by atoms with Crippen LogP contribution in [0.2, 0.25) is 0 Å². The smallest absolute Gasteiger partial charge is 0.408 e. The molecule has 1 atom stereocenters. The van der Waals surface area contributed by atoms with Crippen molar-refractivity contribution in [2.45, 2.75) is 46.3 Å². The van der Waals surface area contributed by atoms with Crippen LogP contribution in [0.15, 0.2) is 36.8 Å². The summed E-state index contributed by atoms with van der Waals surface area (Å²) >= 11 is 0. The molecule has 27 heavy (non-hydrogen) atoms. The number of benzene rings is 1. The van der Waals surface area contributed by atoms with Crippen molar-refractivity contribution >= 4 is 17.7 Å². The van der Waals surface area contributed by atoms with Crippen LogP contribution in [0, 0.1) is 5.92 Å². The van der Waals surface area contributed by atoms with Gasteiger partial charge in [-0.1, -0.05) is 26.0 Å². The number of alkyl carbamates (subject to hydrolysis) is 1. The lowest BCUT2D eigenvalue weighted by molar-refractivity contribution is -0.119. The third-order valence-corrected chi connectivity index (χ3v) is 3.77. The average molecular weight is 372 g/mol. The topological polar surface area (TPSA) is 85.2 Å². The summed E-state index contributed by atoms with van der Waals surface area (Å²) in [7, 11) is 1.91. The summed E-state index contributed by atoms with van der Waals surface area (Å²) in [6, 6.07) is 6.71. The monoisotopic (exact) mass is 372 g/mol. The van der Waals surface area contributed by atoms with Crippen LogP contribution in [0.4, 0.5) is 10.5 Å². The lowest BCUT2D eigenvalue weighted by Crippen LogP contribution is -2.48. The van der Waals surface area contributed by atoms with Gasteiger partial charge in [-0.3, -0.25) is 4.79 Å². The molecule has 146 valence electrons. The van der Waals surface area contributed by atoms with E-state index in [9.17, 15) is 9.59 Å². The molecule has 2 N–H and O–H groups in total. The van der Waals surface area contributed by atoms with E-state index in [0.717, 1.165) is 11.3 Å². The van der Waals surface area contributed by atoms with Gasteiger partial charge in [0.05, 0.1) is 12.0 Å². The molecule has 0 bridgehead atoms. The summed E-state index contributed by atoms with van der Waals surface area (Å²) in [6.45, 7) is 9.07. The second-order valence-electron chi connectivity index (χ2n) is 7.86. The molecule has 0 unspecified atom stereocenters. The second kappa shape index (κ2) is 8.24. The molecule has 2 rings (SSSR count). The number of ether oxygens (including phenoxy) is 1. The number of anilines is 1. The predicted octanol–water partition coefficient (Wildman–Crippen LogP) is 3.57. The number of amides is 2. The minimum Gasteiger partial charge on any atom is -0.444 e. The molecule has 2 aromatic rings. The fraction of sp³-hybridized carbons (Fsp3) is 0.450. The first kappa shape index (κ1) is 20.5. The van der Waals surface area contributed by atoms with Crippen LogP contribution in [0.5, 0.6) is 0 Å². The Balaban J connectivity index is 2.03. The summed E-state index contributed by atoms with van der Waals surface area (Å²) < 4.78 is 7.12. The lowest BCUT2D eigenvalue weighted by atomic mass is 10.0. The Morgan fingerprint density at radius 3 is 2.26 bits per heavy atom. The number of carbonyl (C=O) groups is 2. The van der Waals surface area contributed by atoms with Gasteiger partial charge < -0.3 is 19.9 Å². The molecule has 1 heterocycles. The number of hydrogen-bond acceptors (Lipinski definition) is 4. The van der Waals surface area contributed by atoms with E-state index < -0.39 is 17.7 Å². The molecule has 7 heteroatoms. The van der Waals surface area contributed by atoms with Gasteiger partial charge in [0.1, 0.15) is 11.6 Å². The Morgan fingerprint density at radius 2 is 1.78 bits per heavy atom. The maximum Gasteiger partial charge on any atom is 0.408 e. The number of hydrogen-bond donors (Lipinski definition) is 2. The Kier molecular flexibility index (Phi) is 6.25. The minimum atomic E-state index is -0.699. The zero-order valence-corrected chi connectivity index (χ0v) is 16.7. The molecule has 1 aromatic carbocycles. The van der Waals surface area contributed by atoms with Crippen molar-refractivity contribution in [3.05, 3.63) is 36.8 Å². The first-order valence-electron chi connectivity index (χ1n) is 8.94. The largest absolute Gasteiger partial charge is 0.444 e. The number of aromatic nitrogens is 2. The highest BCUT2D eigenvalue weighted by atomic mass is 16.6. The maximum atomic E-state index is 12.6. The zero-order valence-electron chi connectivity index (χ0n) is 16.7. The number of nitrogens with one attached hydrogen (secondary N) is 2. The average Bonchev–Trinajstić information content (AvgIpc) is 2.97. The molecule has 0 saturated carbocycles. The van der Waals surface area contributed by atoms with Crippen molar-refractivity contribution in [3.63, 3.8) is 0 Å². The normalized spacial score (nSPS) is 12.6. The summed E-state index contributed by atoms with van der Waals surface area (Å²) in [4.78, 5) is 28.9. The molecule has 0 aliphatic heterocycles. The molecule has 2 amide bonds. The highest BCUT2D eigenvalue weighted by molar-refractivity contribution is 5.96. The zero-order chi connectivity index (χ0) is 20.2. The molecule has 0 spiro atoms. The molecule has 0 radical (unpaired) electrons. The van der Waals surface area contributed by atoms with Crippen molar-refractivity contribution in [1.29, 1.82) is 0 Å². The molecular weight excluding hydrogens is 344 g/mol. The first-order chi connectivity index (χ1) is 12.5. The minimum absolute atomic E-state index is 0.0923. The number of nitrogens with zero attached hydrogens (tertiary/aromatic N) is 2. The maximum absolute atomic E-state index is 12.6. The van der Waals surface area contributed by atoms with Gasteiger partial charge in [-0.2, -0.15) is 0 Å². The third-order valence-electron chi connectivity index (χ3n) is 3.77. The van der Waals surface area contributed by atoms with Gasteiger partial charge in [0.25, 0.3) is 0 Å². The van der Waals surface area contributed by atoms with Crippen molar-refractivity contribution in [3.8, 4) is 11.3 Å². The van der Waals surface area contributed by atoms with Gasteiger partial charge in [-0.25, -0.2) is 9.78 Å². The van der Waals surface area contributed by atoms with Gasteiger partial charge in [0.2, 0.25) is 5.91 Å². The molecule has 7 nitrogen and oxygen atoms in total. The van der Waals surface area contributed by atoms with Gasteiger partial charge >= 0.3 is 6.09 Å². The van der Waals surface area contributed by atoms with Crippen LogP contribution in [-0.2, 0) is 16.6 Å². The van der Waals surface area contributed by atoms with Crippen LogP contribution in [0.25, 0.3) is 11.3 Å². The van der Waals surface area contributed by atoms with Gasteiger partial charge in [0, 0.05) is 24.5 Å². The highest BCUT2D eigenvalue weighted by Crippen LogP contribution is 2.20. The quantitative estimate of drug-likeness (QED) is 0.840. The Labute approximate surface area is 160 Å². The molecule has 1 aromatic heterocycles. The molecule has 0 aliphatic rings. The molecule has 0 fully saturated rings.